The maximum atomic E-state index is 12.1. The van der Waals surface area contributed by atoms with Crippen LogP contribution in [0.5, 0.6) is 0 Å². The lowest BCUT2D eigenvalue weighted by Gasteiger charge is -2.06. The van der Waals surface area contributed by atoms with Crippen LogP contribution in [0.1, 0.15) is 20.0 Å². The van der Waals surface area contributed by atoms with Gasteiger partial charge < -0.3 is 10.8 Å². The summed E-state index contributed by atoms with van der Waals surface area (Å²) in [5.74, 6) is -1.80. The zero-order valence-corrected chi connectivity index (χ0v) is 12.1. The molecule has 1 heterocycles. The molecule has 0 aliphatic carbocycles. The molecule has 0 saturated carbocycles. The van der Waals surface area contributed by atoms with Crippen molar-refractivity contribution in [1.29, 1.82) is 0 Å². The normalized spacial score (nSPS) is 11.0. The number of nitrogens with two attached hydrogens (primary N) is 1. The van der Waals surface area contributed by atoms with Gasteiger partial charge in [0.2, 0.25) is 5.91 Å². The van der Waals surface area contributed by atoms with Crippen LogP contribution in [0, 0.1) is 0 Å². The molecular formula is C12H10N2O5S2. The molecule has 4 N–H and O–H groups in total. The Morgan fingerprint density at radius 3 is 2.29 bits per heavy atom. The Hall–Kier alpha value is -2.39. The van der Waals surface area contributed by atoms with Crippen molar-refractivity contribution in [3.05, 3.63) is 46.2 Å². The number of carbonyl (C=O) groups excluding carboxylic acids is 1. The smallest absolute Gasteiger partial charge is 0.345 e. The standard InChI is InChI=1S/C12H10N2O5S2/c13-11(15)7-1-3-8(4-2-7)14-21(18,19)9-5-10(12(16)17)20-6-9/h1-6,14H,(H2,13,15)(H,16,17). The zero-order chi connectivity index (χ0) is 15.6. The number of primary amides is 1. The summed E-state index contributed by atoms with van der Waals surface area (Å²) in [4.78, 5) is 21.5. The number of hydrogen-bond donors (Lipinski definition) is 3. The Morgan fingerprint density at radius 2 is 1.81 bits per heavy atom. The molecule has 0 unspecified atom stereocenters. The molecule has 2 aromatic rings. The van der Waals surface area contributed by atoms with E-state index in [-0.39, 0.29) is 21.0 Å². The number of anilines is 1. The van der Waals surface area contributed by atoms with Crippen LogP contribution in [-0.2, 0) is 10.0 Å². The fourth-order valence-electron chi connectivity index (χ4n) is 1.49. The van der Waals surface area contributed by atoms with Crippen LogP contribution in [0.2, 0.25) is 0 Å². The molecule has 0 aliphatic rings. The molecule has 9 heteroatoms. The predicted molar refractivity (Wildman–Crippen MR) is 77.0 cm³/mol. The number of amides is 1. The minimum Gasteiger partial charge on any atom is -0.477 e. The number of carboxylic acid groups (broad SMARTS) is 1. The Bertz CT molecular complexity index is 793. The number of aromatic carboxylic acids is 1. The van der Waals surface area contributed by atoms with Crippen LogP contribution in [0.3, 0.4) is 0 Å². The predicted octanol–water partition coefficient (Wildman–Crippen LogP) is 1.35. The molecule has 0 aliphatic heterocycles. The average molecular weight is 326 g/mol. The van der Waals surface area contributed by atoms with Gasteiger partial charge in [0.05, 0.1) is 4.90 Å². The molecule has 0 bridgehead atoms. The average Bonchev–Trinajstić information content (AvgIpc) is 2.89. The molecule has 1 amide bonds. The topological polar surface area (TPSA) is 127 Å². The molecule has 0 radical (unpaired) electrons. The van der Waals surface area contributed by atoms with Crippen molar-refractivity contribution in [2.75, 3.05) is 4.72 Å². The zero-order valence-electron chi connectivity index (χ0n) is 10.4. The third-order valence-electron chi connectivity index (χ3n) is 2.52. The molecule has 7 nitrogen and oxygen atoms in total. The summed E-state index contributed by atoms with van der Waals surface area (Å²) < 4.78 is 26.4. The molecule has 1 aromatic carbocycles. The van der Waals surface area contributed by atoms with Gasteiger partial charge in [-0.2, -0.15) is 0 Å². The molecular weight excluding hydrogens is 316 g/mol. The van der Waals surface area contributed by atoms with Gasteiger partial charge in [0.15, 0.2) is 0 Å². The van der Waals surface area contributed by atoms with E-state index in [1.165, 1.54) is 29.6 Å². The second kappa shape index (κ2) is 5.54. The highest BCUT2D eigenvalue weighted by atomic mass is 32.2. The minimum absolute atomic E-state index is 0.0700. The van der Waals surface area contributed by atoms with Gasteiger partial charge in [-0.25, -0.2) is 13.2 Å². The van der Waals surface area contributed by atoms with E-state index < -0.39 is 21.9 Å². The van der Waals surface area contributed by atoms with E-state index in [0.717, 1.165) is 17.4 Å². The molecule has 1 aromatic heterocycles. The van der Waals surface area contributed by atoms with Gasteiger partial charge >= 0.3 is 5.97 Å². The molecule has 2 rings (SSSR count). The Morgan fingerprint density at radius 1 is 1.19 bits per heavy atom. The lowest BCUT2D eigenvalue weighted by atomic mass is 10.2. The molecule has 21 heavy (non-hydrogen) atoms. The molecule has 0 spiro atoms. The summed E-state index contributed by atoms with van der Waals surface area (Å²) >= 11 is 0.822. The quantitative estimate of drug-likeness (QED) is 0.764. The van der Waals surface area contributed by atoms with Crippen molar-refractivity contribution in [3.63, 3.8) is 0 Å². The summed E-state index contributed by atoms with van der Waals surface area (Å²) in [5.41, 5.74) is 5.57. The van der Waals surface area contributed by atoms with Gasteiger partial charge in [-0.1, -0.05) is 0 Å². The van der Waals surface area contributed by atoms with Gasteiger partial charge in [0, 0.05) is 16.6 Å². The third kappa shape index (κ3) is 3.38. The van der Waals surface area contributed by atoms with Gasteiger partial charge in [-0.3, -0.25) is 9.52 Å². The van der Waals surface area contributed by atoms with Crippen molar-refractivity contribution in [3.8, 4) is 0 Å². The molecule has 0 saturated heterocycles. The van der Waals surface area contributed by atoms with Crippen LogP contribution >= 0.6 is 11.3 Å². The van der Waals surface area contributed by atoms with Gasteiger partial charge in [0.25, 0.3) is 10.0 Å². The number of thiophene rings is 1. The van der Waals surface area contributed by atoms with E-state index in [0.29, 0.717) is 0 Å². The lowest BCUT2D eigenvalue weighted by molar-refractivity contribution is 0.0701. The van der Waals surface area contributed by atoms with E-state index in [1.807, 2.05) is 0 Å². The summed E-state index contributed by atoms with van der Waals surface area (Å²) in [7, 11) is -3.88. The largest absolute Gasteiger partial charge is 0.477 e. The second-order valence-electron chi connectivity index (χ2n) is 4.00. The number of carboxylic acids is 1. The van der Waals surface area contributed by atoms with Crippen molar-refractivity contribution >= 4 is 38.9 Å². The molecule has 0 atom stereocenters. The maximum Gasteiger partial charge on any atom is 0.345 e. The SMILES string of the molecule is NC(=O)c1ccc(NS(=O)(=O)c2csc(C(=O)O)c2)cc1. The number of rotatable bonds is 5. The van der Waals surface area contributed by atoms with Crippen molar-refractivity contribution in [2.45, 2.75) is 4.90 Å². The lowest BCUT2D eigenvalue weighted by Crippen LogP contribution is -2.13. The second-order valence-corrected chi connectivity index (χ2v) is 6.59. The number of benzene rings is 1. The van der Waals surface area contributed by atoms with Gasteiger partial charge in [-0.05, 0) is 30.3 Å². The van der Waals surface area contributed by atoms with E-state index in [4.69, 9.17) is 10.8 Å². The highest BCUT2D eigenvalue weighted by Gasteiger charge is 2.18. The first-order chi connectivity index (χ1) is 9.79. The highest BCUT2D eigenvalue weighted by molar-refractivity contribution is 7.92. The van der Waals surface area contributed by atoms with E-state index in [2.05, 4.69) is 4.72 Å². The Kier molecular flexibility index (Phi) is 3.96. The van der Waals surface area contributed by atoms with Gasteiger partial charge in [0.1, 0.15) is 4.88 Å². The van der Waals surface area contributed by atoms with Crippen LogP contribution in [-0.4, -0.2) is 25.4 Å². The van der Waals surface area contributed by atoms with Crippen molar-refractivity contribution in [1.82, 2.24) is 0 Å². The first-order valence-corrected chi connectivity index (χ1v) is 7.90. The Balaban J connectivity index is 2.24. The highest BCUT2D eigenvalue weighted by Crippen LogP contribution is 2.22. The summed E-state index contributed by atoms with van der Waals surface area (Å²) in [6, 6.07) is 6.63. The maximum absolute atomic E-state index is 12.1. The van der Waals surface area contributed by atoms with Crippen molar-refractivity contribution in [2.24, 2.45) is 5.73 Å². The minimum atomic E-state index is -3.88. The number of nitrogens with one attached hydrogen (secondary N) is 1. The van der Waals surface area contributed by atoms with Crippen LogP contribution in [0.4, 0.5) is 5.69 Å². The van der Waals surface area contributed by atoms with Gasteiger partial charge in [-0.15, -0.1) is 11.3 Å². The van der Waals surface area contributed by atoms with Crippen LogP contribution in [0.15, 0.2) is 40.6 Å². The third-order valence-corrected chi connectivity index (χ3v) is 4.95. The number of hydrogen-bond acceptors (Lipinski definition) is 5. The van der Waals surface area contributed by atoms with Crippen LogP contribution in [0.25, 0.3) is 0 Å². The van der Waals surface area contributed by atoms with E-state index >= 15 is 0 Å². The van der Waals surface area contributed by atoms with Crippen molar-refractivity contribution < 1.29 is 23.1 Å². The number of sulfonamides is 1. The fourth-order valence-corrected chi connectivity index (χ4v) is 3.66. The first kappa shape index (κ1) is 15.0. The molecule has 0 fully saturated rings. The summed E-state index contributed by atoms with van der Waals surface area (Å²) in [5, 5.41) is 10.0. The molecule has 110 valence electrons. The monoisotopic (exact) mass is 326 g/mol. The van der Waals surface area contributed by atoms with E-state index in [1.54, 1.807) is 0 Å². The number of carbonyl (C=O) groups is 2. The summed E-state index contributed by atoms with van der Waals surface area (Å²) in [6.07, 6.45) is 0. The van der Waals surface area contributed by atoms with Crippen LogP contribution < -0.4 is 10.5 Å². The Labute approximate surface area is 124 Å². The summed E-state index contributed by atoms with van der Waals surface area (Å²) in [6.45, 7) is 0. The van der Waals surface area contributed by atoms with E-state index in [9.17, 15) is 18.0 Å². The first-order valence-electron chi connectivity index (χ1n) is 5.54. The fraction of sp³-hybridized carbons (Fsp3) is 0.